The van der Waals surface area contributed by atoms with E-state index in [-0.39, 0.29) is 12.4 Å². The zero-order chi connectivity index (χ0) is 29.6. The molecule has 0 unspecified atom stereocenters. The van der Waals surface area contributed by atoms with Crippen LogP contribution in [0.15, 0.2) is 12.2 Å². The fraction of sp³-hybridized carbons (Fsp3) is 0.812. The third-order valence-electron chi connectivity index (χ3n) is 7.14. The number of hydrogen-bond donors (Lipinski definition) is 0. The molecular weight excluding hydrogens is 512 g/mol. The van der Waals surface area contributed by atoms with Crippen molar-refractivity contribution in [1.29, 1.82) is 0 Å². The smallest absolute Gasteiger partial charge is 0.330 e. The molecule has 0 aliphatic carbocycles. The molecule has 4 atom stereocenters. The molecule has 0 bridgehead atoms. The van der Waals surface area contributed by atoms with E-state index in [1.807, 2.05) is 0 Å². The molecule has 0 aromatic heterocycles. The Hall–Kier alpha value is -2.38. The molecule has 40 heavy (non-hydrogen) atoms. The second-order valence-corrected chi connectivity index (χ2v) is 11.1. The Balaban J connectivity index is 2.50. The van der Waals surface area contributed by atoms with Gasteiger partial charge in [0, 0.05) is 52.5 Å². The second kappa shape index (κ2) is 22.3. The van der Waals surface area contributed by atoms with E-state index in [1.54, 1.807) is 6.08 Å². The quantitative estimate of drug-likeness (QED) is 0.0720. The molecule has 0 amide bonds. The monoisotopic (exact) mass is 566 g/mol. The Morgan fingerprint density at radius 1 is 0.725 bits per heavy atom. The molecule has 0 saturated heterocycles. The van der Waals surface area contributed by atoms with Gasteiger partial charge < -0.3 is 18.9 Å². The number of ether oxygens (including phenoxy) is 4. The molecule has 1 heterocycles. The summed E-state index contributed by atoms with van der Waals surface area (Å²) in [5.74, 6) is -1.73. The minimum absolute atomic E-state index is 0.229. The van der Waals surface area contributed by atoms with Gasteiger partial charge in [-0.05, 0) is 12.8 Å². The van der Waals surface area contributed by atoms with Crippen LogP contribution in [0.5, 0.6) is 0 Å². The molecule has 0 radical (unpaired) electrons. The van der Waals surface area contributed by atoms with E-state index in [4.69, 9.17) is 18.9 Å². The van der Waals surface area contributed by atoms with Crippen LogP contribution >= 0.6 is 0 Å². The summed E-state index contributed by atoms with van der Waals surface area (Å²) in [7, 11) is 0. The van der Waals surface area contributed by atoms with E-state index in [0.717, 1.165) is 19.3 Å². The molecule has 1 rings (SSSR count). The van der Waals surface area contributed by atoms with E-state index in [9.17, 15) is 19.2 Å². The zero-order valence-corrected chi connectivity index (χ0v) is 25.5. The molecule has 0 spiro atoms. The summed E-state index contributed by atoms with van der Waals surface area (Å²) < 4.78 is 22.0. The van der Waals surface area contributed by atoms with Crippen LogP contribution in [-0.4, -0.2) is 48.3 Å². The van der Waals surface area contributed by atoms with Crippen molar-refractivity contribution in [2.75, 3.05) is 0 Å². The number of carbonyl (C=O) groups excluding carboxylic acids is 4. The lowest BCUT2D eigenvalue weighted by Crippen LogP contribution is -2.34. The highest BCUT2D eigenvalue weighted by molar-refractivity contribution is 5.82. The number of hydrogen-bond acceptors (Lipinski definition) is 8. The standard InChI is InChI=1S/C32H54O8/c1-5-6-7-8-9-10-11-12-13-14-15-16-17-19-28(37-25(2)33)22-30(38-26(3)34)24-31(39-27(4)35)23-29-20-18-21-32(36)40-29/h18,21,28-31H,5-17,19-20,22-24H2,1-4H3/t28-,29-,30-,31-/m0/s1. The van der Waals surface area contributed by atoms with Gasteiger partial charge in [0.15, 0.2) is 0 Å². The van der Waals surface area contributed by atoms with E-state index >= 15 is 0 Å². The summed E-state index contributed by atoms with van der Waals surface area (Å²) in [6.07, 6.45) is 19.4. The molecule has 0 N–H and O–H groups in total. The molecule has 0 aromatic rings. The molecule has 1 aliphatic rings. The van der Waals surface area contributed by atoms with Gasteiger partial charge >= 0.3 is 23.9 Å². The van der Waals surface area contributed by atoms with E-state index in [2.05, 4.69) is 6.92 Å². The SMILES string of the molecule is CCCCCCCCCCCCCCC[C@@H](C[C@@H](C[C@H](C[C@@H]1CC=CC(=O)O1)OC(C)=O)OC(C)=O)OC(C)=O. The normalized spacial score (nSPS) is 17.0. The predicted octanol–water partition coefficient (Wildman–Crippen LogP) is 7.30. The molecule has 8 heteroatoms. The Bertz CT molecular complexity index is 762. The highest BCUT2D eigenvalue weighted by Gasteiger charge is 2.29. The minimum atomic E-state index is -0.611. The summed E-state index contributed by atoms with van der Waals surface area (Å²) in [5, 5.41) is 0. The number of rotatable bonds is 23. The van der Waals surface area contributed by atoms with Crippen molar-refractivity contribution in [2.24, 2.45) is 0 Å². The lowest BCUT2D eigenvalue weighted by molar-refractivity contribution is -0.158. The first-order valence-electron chi connectivity index (χ1n) is 15.6. The fourth-order valence-electron chi connectivity index (χ4n) is 5.30. The van der Waals surface area contributed by atoms with Crippen LogP contribution in [0.3, 0.4) is 0 Å². The first-order valence-corrected chi connectivity index (χ1v) is 15.6. The van der Waals surface area contributed by atoms with Gasteiger partial charge in [0.1, 0.15) is 24.4 Å². The lowest BCUT2D eigenvalue weighted by Gasteiger charge is -2.29. The predicted molar refractivity (Wildman–Crippen MR) is 154 cm³/mol. The summed E-state index contributed by atoms with van der Waals surface area (Å²) >= 11 is 0. The van der Waals surface area contributed by atoms with Crippen molar-refractivity contribution >= 4 is 23.9 Å². The molecule has 0 fully saturated rings. The Morgan fingerprint density at radius 3 is 1.68 bits per heavy atom. The van der Waals surface area contributed by atoms with Gasteiger partial charge in [-0.1, -0.05) is 90.0 Å². The van der Waals surface area contributed by atoms with Crippen LogP contribution < -0.4 is 0 Å². The van der Waals surface area contributed by atoms with Crippen molar-refractivity contribution in [3.8, 4) is 0 Å². The topological polar surface area (TPSA) is 105 Å². The molecule has 0 saturated carbocycles. The Morgan fingerprint density at radius 2 is 1.18 bits per heavy atom. The molecular formula is C32H54O8. The average Bonchev–Trinajstić information content (AvgIpc) is 2.85. The first-order chi connectivity index (χ1) is 19.2. The van der Waals surface area contributed by atoms with Crippen molar-refractivity contribution in [1.82, 2.24) is 0 Å². The first kappa shape index (κ1) is 35.6. The van der Waals surface area contributed by atoms with Gasteiger partial charge in [0.25, 0.3) is 0 Å². The summed E-state index contributed by atoms with van der Waals surface area (Å²) in [4.78, 5) is 47.0. The average molecular weight is 567 g/mol. The lowest BCUT2D eigenvalue weighted by atomic mass is 9.97. The Kier molecular flexibility index (Phi) is 19.9. The maximum atomic E-state index is 11.9. The summed E-state index contributed by atoms with van der Waals surface area (Å²) in [5.41, 5.74) is 0. The van der Waals surface area contributed by atoms with Gasteiger partial charge in [-0.3, -0.25) is 14.4 Å². The van der Waals surface area contributed by atoms with Crippen LogP contribution in [0.4, 0.5) is 0 Å². The number of unbranched alkanes of at least 4 members (excludes halogenated alkanes) is 12. The fourth-order valence-corrected chi connectivity index (χ4v) is 5.30. The van der Waals surface area contributed by atoms with Gasteiger partial charge in [-0.15, -0.1) is 0 Å². The minimum Gasteiger partial charge on any atom is -0.462 e. The van der Waals surface area contributed by atoms with Crippen LogP contribution in [0.1, 0.15) is 143 Å². The number of esters is 4. The van der Waals surface area contributed by atoms with Gasteiger partial charge in [0.2, 0.25) is 0 Å². The molecule has 8 nitrogen and oxygen atoms in total. The number of cyclic esters (lactones) is 1. The van der Waals surface area contributed by atoms with E-state index in [1.165, 1.54) is 91.1 Å². The maximum Gasteiger partial charge on any atom is 0.330 e. The molecule has 0 aromatic carbocycles. The van der Waals surface area contributed by atoms with Gasteiger partial charge in [-0.25, -0.2) is 4.79 Å². The highest BCUT2D eigenvalue weighted by atomic mass is 16.6. The summed E-state index contributed by atoms with van der Waals surface area (Å²) in [6, 6.07) is 0. The van der Waals surface area contributed by atoms with Crippen molar-refractivity contribution in [2.45, 2.75) is 168 Å². The third-order valence-corrected chi connectivity index (χ3v) is 7.14. The zero-order valence-electron chi connectivity index (χ0n) is 25.5. The van der Waals surface area contributed by atoms with Crippen LogP contribution in [0, 0.1) is 0 Å². The number of carbonyl (C=O) groups is 4. The van der Waals surface area contributed by atoms with Crippen molar-refractivity contribution in [3.63, 3.8) is 0 Å². The maximum absolute atomic E-state index is 11.9. The van der Waals surface area contributed by atoms with Crippen LogP contribution in [-0.2, 0) is 38.1 Å². The van der Waals surface area contributed by atoms with Crippen molar-refractivity contribution in [3.05, 3.63) is 12.2 Å². The highest BCUT2D eigenvalue weighted by Crippen LogP contribution is 2.24. The largest absolute Gasteiger partial charge is 0.462 e. The molecule has 1 aliphatic heterocycles. The van der Waals surface area contributed by atoms with Crippen LogP contribution in [0.2, 0.25) is 0 Å². The van der Waals surface area contributed by atoms with Crippen molar-refractivity contribution < 1.29 is 38.1 Å². The Labute approximate surface area is 241 Å². The summed E-state index contributed by atoms with van der Waals surface area (Å²) in [6.45, 7) is 6.27. The van der Waals surface area contributed by atoms with Gasteiger partial charge in [-0.2, -0.15) is 0 Å². The van der Waals surface area contributed by atoms with Gasteiger partial charge in [0.05, 0.1) is 0 Å². The second-order valence-electron chi connectivity index (χ2n) is 11.1. The van der Waals surface area contributed by atoms with Crippen LogP contribution in [0.25, 0.3) is 0 Å². The molecule has 230 valence electrons. The van der Waals surface area contributed by atoms with E-state index in [0.29, 0.717) is 25.7 Å². The third kappa shape index (κ3) is 19.6. The van der Waals surface area contributed by atoms with E-state index < -0.39 is 42.3 Å².